The molecule has 0 aliphatic heterocycles. The molecule has 2 N–H and O–H groups in total. The van der Waals surface area contributed by atoms with E-state index < -0.39 is 0 Å². The van der Waals surface area contributed by atoms with Gasteiger partial charge < -0.3 is 10.4 Å². The van der Waals surface area contributed by atoms with Gasteiger partial charge in [-0.05, 0) is 5.56 Å². The molecule has 3 aromatic rings. The molecule has 5 heteroatoms. The van der Waals surface area contributed by atoms with E-state index in [1.165, 1.54) is 11.5 Å². The number of aliphatic hydroxyl groups is 1. The first kappa shape index (κ1) is 13.7. The Morgan fingerprint density at radius 2 is 1.67 bits per heavy atom. The first-order chi connectivity index (χ1) is 10.4. The molecule has 0 aliphatic carbocycles. The summed E-state index contributed by atoms with van der Waals surface area (Å²) in [5.74, 6) is 0.702. The molecule has 0 saturated carbocycles. The van der Waals surface area contributed by atoms with Crippen molar-refractivity contribution in [2.45, 2.75) is 6.04 Å². The van der Waals surface area contributed by atoms with E-state index in [9.17, 15) is 5.11 Å². The number of aromatic nitrogens is 2. The summed E-state index contributed by atoms with van der Waals surface area (Å²) >= 11 is 1.30. The van der Waals surface area contributed by atoms with Gasteiger partial charge in [-0.2, -0.15) is 9.36 Å². The fourth-order valence-electron chi connectivity index (χ4n) is 2.06. The van der Waals surface area contributed by atoms with Crippen LogP contribution in [0.3, 0.4) is 0 Å². The van der Waals surface area contributed by atoms with Crippen molar-refractivity contribution in [3.8, 4) is 11.4 Å². The van der Waals surface area contributed by atoms with E-state index in [-0.39, 0.29) is 12.6 Å². The number of rotatable bonds is 5. The molecule has 2 aromatic carbocycles. The molecule has 1 heterocycles. The van der Waals surface area contributed by atoms with E-state index >= 15 is 0 Å². The zero-order valence-corrected chi connectivity index (χ0v) is 12.1. The van der Waals surface area contributed by atoms with E-state index in [0.717, 1.165) is 11.1 Å². The fraction of sp³-hybridized carbons (Fsp3) is 0.125. The topological polar surface area (TPSA) is 58.0 Å². The van der Waals surface area contributed by atoms with Crippen LogP contribution < -0.4 is 5.32 Å². The Labute approximate surface area is 127 Å². The molecule has 0 radical (unpaired) electrons. The van der Waals surface area contributed by atoms with E-state index in [2.05, 4.69) is 14.7 Å². The van der Waals surface area contributed by atoms with Gasteiger partial charge in [0.1, 0.15) is 0 Å². The molecule has 0 fully saturated rings. The van der Waals surface area contributed by atoms with Crippen molar-refractivity contribution in [3.63, 3.8) is 0 Å². The minimum atomic E-state index is -0.178. The smallest absolute Gasteiger partial charge is 0.203 e. The first-order valence-electron chi connectivity index (χ1n) is 6.68. The maximum atomic E-state index is 9.56. The number of anilines is 1. The van der Waals surface area contributed by atoms with Crippen LogP contribution in [-0.4, -0.2) is 21.1 Å². The van der Waals surface area contributed by atoms with Gasteiger partial charge in [-0.1, -0.05) is 60.7 Å². The second-order valence-corrected chi connectivity index (χ2v) is 5.33. The van der Waals surface area contributed by atoms with Crippen LogP contribution in [0, 0.1) is 0 Å². The van der Waals surface area contributed by atoms with E-state index in [4.69, 9.17) is 0 Å². The monoisotopic (exact) mass is 297 g/mol. The van der Waals surface area contributed by atoms with Crippen molar-refractivity contribution in [3.05, 3.63) is 66.2 Å². The van der Waals surface area contributed by atoms with Crippen molar-refractivity contribution < 1.29 is 5.11 Å². The summed E-state index contributed by atoms with van der Waals surface area (Å²) < 4.78 is 4.35. The van der Waals surface area contributed by atoms with Crippen molar-refractivity contribution in [2.24, 2.45) is 0 Å². The quantitative estimate of drug-likeness (QED) is 0.758. The van der Waals surface area contributed by atoms with Crippen LogP contribution in [0.25, 0.3) is 11.4 Å². The highest BCUT2D eigenvalue weighted by atomic mass is 32.1. The molecule has 0 saturated heterocycles. The zero-order valence-electron chi connectivity index (χ0n) is 11.3. The molecule has 0 spiro atoms. The van der Waals surface area contributed by atoms with Crippen LogP contribution in [0.1, 0.15) is 11.6 Å². The standard InChI is InChI=1S/C16H15N3OS/c20-11-14(12-7-3-1-4-8-12)17-16-18-15(19-21-16)13-9-5-2-6-10-13/h1-10,14,20H,11H2,(H,17,18,19)/t14-/m1/s1. The highest BCUT2D eigenvalue weighted by Gasteiger charge is 2.13. The van der Waals surface area contributed by atoms with E-state index in [1.54, 1.807) is 0 Å². The highest BCUT2D eigenvalue weighted by Crippen LogP contribution is 2.24. The van der Waals surface area contributed by atoms with Crippen LogP contribution in [0.2, 0.25) is 0 Å². The summed E-state index contributed by atoms with van der Waals surface area (Å²) in [4.78, 5) is 4.48. The molecule has 106 valence electrons. The van der Waals surface area contributed by atoms with Gasteiger partial charge >= 0.3 is 0 Å². The molecule has 21 heavy (non-hydrogen) atoms. The molecule has 3 rings (SSSR count). The predicted octanol–water partition coefficient (Wildman–Crippen LogP) is 3.35. The van der Waals surface area contributed by atoms with Crippen LogP contribution >= 0.6 is 11.5 Å². The van der Waals surface area contributed by atoms with Crippen LogP contribution in [-0.2, 0) is 0 Å². The Balaban J connectivity index is 1.78. The van der Waals surface area contributed by atoms with Crippen molar-refractivity contribution in [2.75, 3.05) is 11.9 Å². The molecule has 1 aromatic heterocycles. The summed E-state index contributed by atoms with van der Waals surface area (Å²) in [6.07, 6.45) is 0. The van der Waals surface area contributed by atoms with Crippen molar-refractivity contribution in [1.29, 1.82) is 0 Å². The van der Waals surface area contributed by atoms with Crippen LogP contribution in [0.4, 0.5) is 5.13 Å². The number of hydrogen-bond acceptors (Lipinski definition) is 5. The second-order valence-electron chi connectivity index (χ2n) is 4.58. The van der Waals surface area contributed by atoms with Gasteiger partial charge in [0.2, 0.25) is 5.13 Å². The molecule has 0 amide bonds. The average molecular weight is 297 g/mol. The van der Waals surface area contributed by atoms with Crippen molar-refractivity contribution >= 4 is 16.7 Å². The lowest BCUT2D eigenvalue weighted by Crippen LogP contribution is -2.14. The lowest BCUT2D eigenvalue weighted by Gasteiger charge is -2.15. The van der Waals surface area contributed by atoms with E-state index in [1.807, 2.05) is 60.7 Å². The number of hydrogen-bond donors (Lipinski definition) is 2. The first-order valence-corrected chi connectivity index (χ1v) is 7.45. The summed E-state index contributed by atoms with van der Waals surface area (Å²) in [5.41, 5.74) is 2.01. The van der Waals surface area contributed by atoms with Gasteiger partial charge in [0.25, 0.3) is 0 Å². The largest absolute Gasteiger partial charge is 0.394 e. The Bertz CT molecular complexity index is 685. The maximum Gasteiger partial charge on any atom is 0.203 e. The summed E-state index contributed by atoms with van der Waals surface area (Å²) in [7, 11) is 0. The highest BCUT2D eigenvalue weighted by molar-refractivity contribution is 7.09. The van der Waals surface area contributed by atoms with Crippen LogP contribution in [0.15, 0.2) is 60.7 Å². The number of nitrogens with zero attached hydrogens (tertiary/aromatic N) is 2. The second kappa shape index (κ2) is 6.47. The van der Waals surface area contributed by atoms with Gasteiger partial charge in [0.15, 0.2) is 5.82 Å². The number of benzene rings is 2. The van der Waals surface area contributed by atoms with Gasteiger partial charge in [-0.15, -0.1) is 0 Å². The Morgan fingerprint density at radius 1 is 1.00 bits per heavy atom. The Hall–Kier alpha value is -2.24. The summed E-state index contributed by atoms with van der Waals surface area (Å²) in [5, 5.41) is 13.5. The van der Waals surface area contributed by atoms with Gasteiger partial charge in [-0.3, -0.25) is 0 Å². The fourth-order valence-corrected chi connectivity index (χ4v) is 2.70. The SMILES string of the molecule is OC[C@@H](Nc1nc(-c2ccccc2)ns1)c1ccccc1. The maximum absolute atomic E-state index is 9.56. The van der Waals surface area contributed by atoms with Gasteiger partial charge in [0, 0.05) is 17.1 Å². The lowest BCUT2D eigenvalue weighted by molar-refractivity contribution is 0.276. The molecule has 0 aliphatic rings. The van der Waals surface area contributed by atoms with Gasteiger partial charge in [0.05, 0.1) is 12.6 Å². The molecule has 0 bridgehead atoms. The lowest BCUT2D eigenvalue weighted by atomic mass is 10.1. The molecule has 4 nitrogen and oxygen atoms in total. The number of nitrogens with one attached hydrogen (secondary N) is 1. The third-order valence-corrected chi connectivity index (χ3v) is 3.79. The average Bonchev–Trinajstić information content (AvgIpc) is 3.03. The summed E-state index contributed by atoms with van der Waals surface area (Å²) in [6, 6.07) is 19.5. The summed E-state index contributed by atoms with van der Waals surface area (Å²) in [6.45, 7) is 0.00423. The minimum Gasteiger partial charge on any atom is -0.394 e. The zero-order chi connectivity index (χ0) is 14.5. The molecular formula is C16H15N3OS. The van der Waals surface area contributed by atoms with Crippen molar-refractivity contribution in [1.82, 2.24) is 9.36 Å². The van der Waals surface area contributed by atoms with Gasteiger partial charge in [-0.25, -0.2) is 0 Å². The minimum absolute atomic E-state index is 0.00423. The normalized spacial score (nSPS) is 12.0. The Morgan fingerprint density at radius 3 is 2.33 bits per heavy atom. The molecule has 0 unspecified atom stereocenters. The van der Waals surface area contributed by atoms with Crippen LogP contribution in [0.5, 0.6) is 0 Å². The third-order valence-electron chi connectivity index (χ3n) is 3.14. The molecular weight excluding hydrogens is 282 g/mol. The molecule has 1 atom stereocenters. The Kier molecular flexibility index (Phi) is 4.23. The predicted molar refractivity (Wildman–Crippen MR) is 85.2 cm³/mol. The number of aliphatic hydroxyl groups excluding tert-OH is 1. The van der Waals surface area contributed by atoms with E-state index in [0.29, 0.717) is 11.0 Å². The third kappa shape index (κ3) is 3.26.